The van der Waals surface area contributed by atoms with Crippen LogP contribution in [0, 0.1) is 5.92 Å². The average Bonchev–Trinajstić information content (AvgIpc) is 3.04. The molecule has 1 fully saturated rings. The van der Waals surface area contributed by atoms with Crippen LogP contribution in [0.25, 0.3) is 0 Å². The van der Waals surface area contributed by atoms with Gasteiger partial charge in [0.15, 0.2) is 0 Å². The van der Waals surface area contributed by atoms with Crippen LogP contribution in [0.15, 0.2) is 23.0 Å². The zero-order valence-corrected chi connectivity index (χ0v) is 13.4. The molecule has 2 rings (SSSR count). The molecular formula is C17H30N2O2. The van der Waals surface area contributed by atoms with E-state index in [1.807, 2.05) is 6.26 Å². The van der Waals surface area contributed by atoms with Crippen LogP contribution in [-0.2, 0) is 4.74 Å². The first-order valence-corrected chi connectivity index (χ1v) is 8.41. The van der Waals surface area contributed by atoms with Crippen molar-refractivity contribution in [1.82, 2.24) is 10.6 Å². The highest BCUT2D eigenvalue weighted by Crippen LogP contribution is 2.27. The van der Waals surface area contributed by atoms with Gasteiger partial charge in [-0.3, -0.25) is 0 Å². The molecule has 0 radical (unpaired) electrons. The minimum Gasteiger partial charge on any atom is -0.472 e. The molecule has 0 spiro atoms. The summed E-state index contributed by atoms with van der Waals surface area (Å²) < 4.78 is 11.0. The van der Waals surface area contributed by atoms with Gasteiger partial charge in [-0.25, -0.2) is 0 Å². The zero-order chi connectivity index (χ0) is 14.9. The summed E-state index contributed by atoms with van der Waals surface area (Å²) in [6, 6.07) is 3.02. The molecule has 120 valence electrons. The summed E-state index contributed by atoms with van der Waals surface area (Å²) in [5.74, 6) is 0.564. The molecule has 2 heterocycles. The van der Waals surface area contributed by atoms with Gasteiger partial charge in [0.2, 0.25) is 0 Å². The van der Waals surface area contributed by atoms with Crippen LogP contribution in [0.5, 0.6) is 0 Å². The van der Waals surface area contributed by atoms with E-state index in [-0.39, 0.29) is 0 Å². The van der Waals surface area contributed by atoms with Gasteiger partial charge in [-0.05, 0) is 50.8 Å². The average molecular weight is 294 g/mol. The quantitative estimate of drug-likeness (QED) is 0.734. The molecule has 0 aliphatic carbocycles. The van der Waals surface area contributed by atoms with E-state index in [0.717, 1.165) is 45.6 Å². The Hall–Kier alpha value is -0.840. The lowest BCUT2D eigenvalue weighted by molar-refractivity contribution is 0.0246. The highest BCUT2D eigenvalue weighted by molar-refractivity contribution is 5.12. The summed E-state index contributed by atoms with van der Waals surface area (Å²) in [5.41, 5.74) is 1.25. The molecule has 0 saturated carbocycles. The number of furan rings is 1. The topological polar surface area (TPSA) is 46.4 Å². The van der Waals surface area contributed by atoms with Crippen molar-refractivity contribution in [3.8, 4) is 0 Å². The number of nitrogens with one attached hydrogen (secondary N) is 2. The first-order chi connectivity index (χ1) is 10.3. The highest BCUT2D eigenvalue weighted by Gasteiger charge is 2.28. The van der Waals surface area contributed by atoms with E-state index in [1.165, 1.54) is 12.0 Å². The Morgan fingerprint density at radius 1 is 1.29 bits per heavy atom. The van der Waals surface area contributed by atoms with Crippen molar-refractivity contribution < 1.29 is 9.15 Å². The molecule has 1 aromatic rings. The Balaban J connectivity index is 1.96. The number of hydrogen-bond acceptors (Lipinski definition) is 4. The van der Waals surface area contributed by atoms with Crippen molar-refractivity contribution in [1.29, 1.82) is 0 Å². The second kappa shape index (κ2) is 9.23. The second-order valence-corrected chi connectivity index (χ2v) is 5.98. The number of ether oxygens (including phenoxy) is 1. The van der Waals surface area contributed by atoms with Gasteiger partial charge in [-0.1, -0.05) is 13.8 Å². The van der Waals surface area contributed by atoms with E-state index in [1.54, 1.807) is 6.26 Å². The smallest absolute Gasteiger partial charge is 0.0950 e. The predicted octanol–water partition coefficient (Wildman–Crippen LogP) is 3.12. The normalized spacial score (nSPS) is 24.1. The summed E-state index contributed by atoms with van der Waals surface area (Å²) >= 11 is 0. The Labute approximate surface area is 128 Å². The SMILES string of the molecule is CCCNC(CC1COCCC1NCCC)c1ccoc1. The zero-order valence-electron chi connectivity index (χ0n) is 13.4. The maximum Gasteiger partial charge on any atom is 0.0950 e. The molecule has 0 aromatic carbocycles. The van der Waals surface area contributed by atoms with E-state index < -0.39 is 0 Å². The Morgan fingerprint density at radius 3 is 2.86 bits per heavy atom. The molecule has 0 amide bonds. The van der Waals surface area contributed by atoms with Gasteiger partial charge in [0, 0.05) is 24.3 Å². The number of rotatable bonds is 9. The van der Waals surface area contributed by atoms with Crippen molar-refractivity contribution >= 4 is 0 Å². The van der Waals surface area contributed by atoms with Crippen molar-refractivity contribution in [3.05, 3.63) is 24.2 Å². The Kier molecular flexibility index (Phi) is 7.27. The fourth-order valence-electron chi connectivity index (χ4n) is 3.06. The van der Waals surface area contributed by atoms with Crippen molar-refractivity contribution in [2.45, 2.75) is 51.6 Å². The lowest BCUT2D eigenvalue weighted by Crippen LogP contribution is -2.44. The molecular weight excluding hydrogens is 264 g/mol. The van der Waals surface area contributed by atoms with Crippen LogP contribution in [0.4, 0.5) is 0 Å². The number of hydrogen-bond donors (Lipinski definition) is 2. The first-order valence-electron chi connectivity index (χ1n) is 8.41. The molecule has 1 saturated heterocycles. The Bertz CT molecular complexity index is 367. The summed E-state index contributed by atoms with van der Waals surface area (Å²) in [6.07, 6.45) is 8.18. The van der Waals surface area contributed by atoms with E-state index >= 15 is 0 Å². The maximum atomic E-state index is 5.72. The first kappa shape index (κ1) is 16.5. The molecule has 21 heavy (non-hydrogen) atoms. The predicted molar refractivity (Wildman–Crippen MR) is 85.4 cm³/mol. The third-order valence-electron chi connectivity index (χ3n) is 4.26. The molecule has 4 heteroatoms. The van der Waals surface area contributed by atoms with Crippen LogP contribution in [-0.4, -0.2) is 32.3 Å². The molecule has 4 nitrogen and oxygen atoms in total. The van der Waals surface area contributed by atoms with Crippen LogP contribution >= 0.6 is 0 Å². The minimum atomic E-state index is 0.362. The molecule has 0 bridgehead atoms. The third-order valence-corrected chi connectivity index (χ3v) is 4.26. The van der Waals surface area contributed by atoms with Crippen LogP contribution in [0.1, 0.15) is 51.1 Å². The molecule has 3 atom stereocenters. The highest BCUT2D eigenvalue weighted by atomic mass is 16.5. The lowest BCUT2D eigenvalue weighted by Gasteiger charge is -2.34. The fourth-order valence-corrected chi connectivity index (χ4v) is 3.06. The molecule has 1 aromatic heterocycles. The van der Waals surface area contributed by atoms with Crippen molar-refractivity contribution in [2.24, 2.45) is 5.92 Å². The van der Waals surface area contributed by atoms with Gasteiger partial charge in [0.05, 0.1) is 19.1 Å². The van der Waals surface area contributed by atoms with Gasteiger partial charge in [-0.2, -0.15) is 0 Å². The largest absolute Gasteiger partial charge is 0.472 e. The maximum absolute atomic E-state index is 5.72. The van der Waals surface area contributed by atoms with Gasteiger partial charge in [0.25, 0.3) is 0 Å². The van der Waals surface area contributed by atoms with Crippen LogP contribution in [0.2, 0.25) is 0 Å². The van der Waals surface area contributed by atoms with Crippen LogP contribution in [0.3, 0.4) is 0 Å². The monoisotopic (exact) mass is 294 g/mol. The van der Waals surface area contributed by atoms with E-state index in [4.69, 9.17) is 9.15 Å². The van der Waals surface area contributed by atoms with E-state index in [0.29, 0.717) is 18.0 Å². The lowest BCUT2D eigenvalue weighted by atomic mass is 9.87. The van der Waals surface area contributed by atoms with Crippen molar-refractivity contribution in [2.75, 3.05) is 26.3 Å². The van der Waals surface area contributed by atoms with E-state index in [9.17, 15) is 0 Å². The second-order valence-electron chi connectivity index (χ2n) is 5.98. The summed E-state index contributed by atoms with van der Waals surface area (Å²) in [6.45, 7) is 8.31. The standard InChI is InChI=1S/C17H30N2O2/c1-3-7-18-16-6-10-21-13-15(16)11-17(19-8-4-2)14-5-9-20-12-14/h5,9,12,15-19H,3-4,6-8,10-11,13H2,1-2H3. The molecule has 3 unspecified atom stereocenters. The molecule has 2 N–H and O–H groups in total. The fraction of sp³-hybridized carbons (Fsp3) is 0.765. The van der Waals surface area contributed by atoms with Gasteiger partial charge in [0.1, 0.15) is 0 Å². The molecule has 1 aliphatic heterocycles. The van der Waals surface area contributed by atoms with E-state index in [2.05, 4.69) is 30.5 Å². The summed E-state index contributed by atoms with van der Waals surface area (Å²) in [4.78, 5) is 0. The minimum absolute atomic E-state index is 0.362. The van der Waals surface area contributed by atoms with Crippen LogP contribution < -0.4 is 10.6 Å². The molecule has 1 aliphatic rings. The summed E-state index contributed by atoms with van der Waals surface area (Å²) in [5, 5.41) is 7.35. The summed E-state index contributed by atoms with van der Waals surface area (Å²) in [7, 11) is 0. The van der Waals surface area contributed by atoms with Crippen molar-refractivity contribution in [3.63, 3.8) is 0 Å². The Morgan fingerprint density at radius 2 is 2.14 bits per heavy atom. The third kappa shape index (κ3) is 5.13. The van der Waals surface area contributed by atoms with Gasteiger partial charge < -0.3 is 19.8 Å². The van der Waals surface area contributed by atoms with Gasteiger partial charge in [-0.15, -0.1) is 0 Å². The van der Waals surface area contributed by atoms with Gasteiger partial charge >= 0.3 is 0 Å².